The summed E-state index contributed by atoms with van der Waals surface area (Å²) in [6, 6.07) is 13.4. The van der Waals surface area contributed by atoms with Gasteiger partial charge in [0, 0.05) is 35.7 Å². The van der Waals surface area contributed by atoms with Crippen molar-refractivity contribution in [2.24, 2.45) is 0 Å². The first-order valence-electron chi connectivity index (χ1n) is 12.7. The smallest absolute Gasteiger partial charge is 0.356 e. The van der Waals surface area contributed by atoms with Crippen LogP contribution in [0.2, 0.25) is 0 Å². The number of rotatable bonds is 11. The van der Waals surface area contributed by atoms with Crippen molar-refractivity contribution in [2.75, 3.05) is 19.8 Å². The fourth-order valence-corrected chi connectivity index (χ4v) is 4.83. The van der Waals surface area contributed by atoms with Crippen molar-refractivity contribution in [3.63, 3.8) is 0 Å². The summed E-state index contributed by atoms with van der Waals surface area (Å²) in [5.41, 5.74) is 5.46. The predicted molar refractivity (Wildman–Crippen MR) is 141 cm³/mol. The number of carboxylic acid groups (broad SMARTS) is 1. The van der Waals surface area contributed by atoms with E-state index in [0.717, 1.165) is 45.0 Å². The van der Waals surface area contributed by atoms with Crippen molar-refractivity contribution in [2.45, 2.75) is 39.3 Å². The standard InChI is InChI=1S/C29H30N4O5/c1-3-36-17-26(21-6-5-7-22(13-21)37-4-2)33-28-24-11-9-23(38-16-19-14-30-18-31-15-19)12-20(24)8-10-25(28)27(32-33)29(34)35/h5-7,9,11-15,18,26H,3-4,8,10,16-17H2,1-2H3,(H,34,35). The first kappa shape index (κ1) is 25.4. The summed E-state index contributed by atoms with van der Waals surface area (Å²) in [7, 11) is 0. The number of hydrogen-bond donors (Lipinski definition) is 1. The van der Waals surface area contributed by atoms with Crippen LogP contribution >= 0.6 is 0 Å². The number of carboxylic acids is 1. The maximum Gasteiger partial charge on any atom is 0.356 e. The minimum atomic E-state index is -1.04. The molecule has 9 nitrogen and oxygen atoms in total. The van der Waals surface area contributed by atoms with Gasteiger partial charge in [-0.2, -0.15) is 5.10 Å². The summed E-state index contributed by atoms with van der Waals surface area (Å²) >= 11 is 0. The second-order valence-electron chi connectivity index (χ2n) is 8.96. The zero-order valence-electron chi connectivity index (χ0n) is 21.5. The van der Waals surface area contributed by atoms with Crippen molar-refractivity contribution in [1.82, 2.24) is 19.7 Å². The van der Waals surface area contributed by atoms with E-state index in [1.165, 1.54) is 6.33 Å². The molecule has 0 amide bonds. The van der Waals surface area contributed by atoms with Crippen LogP contribution in [0.1, 0.15) is 52.6 Å². The van der Waals surface area contributed by atoms with E-state index in [1.807, 2.05) is 61.0 Å². The molecule has 0 saturated heterocycles. The normalized spacial score (nSPS) is 12.9. The Labute approximate surface area is 221 Å². The molecule has 0 aliphatic heterocycles. The minimum Gasteiger partial charge on any atom is -0.494 e. The van der Waals surface area contributed by atoms with E-state index in [4.69, 9.17) is 14.2 Å². The van der Waals surface area contributed by atoms with E-state index in [-0.39, 0.29) is 11.7 Å². The Morgan fingerprint density at radius 2 is 1.84 bits per heavy atom. The first-order chi connectivity index (χ1) is 18.6. The third kappa shape index (κ3) is 5.24. The molecule has 4 aromatic rings. The SMILES string of the molecule is CCOCC(c1cccc(OCC)c1)n1nc(C(=O)O)c2c1-c1ccc(OCc3cncnc3)cc1CC2. The van der Waals surface area contributed by atoms with E-state index in [0.29, 0.717) is 39.3 Å². The number of benzene rings is 2. The van der Waals surface area contributed by atoms with Crippen molar-refractivity contribution in [3.8, 4) is 22.8 Å². The summed E-state index contributed by atoms with van der Waals surface area (Å²) in [6.45, 7) is 5.66. The summed E-state index contributed by atoms with van der Waals surface area (Å²) in [4.78, 5) is 20.3. The molecule has 0 spiro atoms. The number of aromatic nitrogens is 4. The molecule has 9 heteroatoms. The Balaban J connectivity index is 1.56. The van der Waals surface area contributed by atoms with Crippen LogP contribution in [0.5, 0.6) is 11.5 Å². The van der Waals surface area contributed by atoms with Crippen LogP contribution in [0.25, 0.3) is 11.3 Å². The molecule has 1 aliphatic carbocycles. The van der Waals surface area contributed by atoms with Gasteiger partial charge < -0.3 is 19.3 Å². The van der Waals surface area contributed by atoms with Gasteiger partial charge >= 0.3 is 5.97 Å². The lowest BCUT2D eigenvalue weighted by atomic mass is 9.88. The monoisotopic (exact) mass is 514 g/mol. The van der Waals surface area contributed by atoms with Gasteiger partial charge in [0.15, 0.2) is 5.69 Å². The average molecular weight is 515 g/mol. The fraction of sp³-hybridized carbons (Fsp3) is 0.310. The molecule has 2 aromatic carbocycles. The predicted octanol–water partition coefficient (Wildman–Crippen LogP) is 4.74. The second-order valence-corrected chi connectivity index (χ2v) is 8.96. The molecule has 1 atom stereocenters. The van der Waals surface area contributed by atoms with Crippen LogP contribution in [0.4, 0.5) is 0 Å². The Hall–Kier alpha value is -4.24. The zero-order chi connectivity index (χ0) is 26.5. The Morgan fingerprint density at radius 3 is 2.61 bits per heavy atom. The molecule has 0 saturated carbocycles. The third-order valence-corrected chi connectivity index (χ3v) is 6.54. The van der Waals surface area contributed by atoms with Crippen LogP contribution in [0.15, 0.2) is 61.2 Å². The number of hydrogen-bond acceptors (Lipinski definition) is 7. The lowest BCUT2D eigenvalue weighted by molar-refractivity contribution is 0.0686. The molecule has 196 valence electrons. The molecular weight excluding hydrogens is 484 g/mol. The molecule has 1 N–H and O–H groups in total. The molecule has 0 fully saturated rings. The van der Waals surface area contributed by atoms with Gasteiger partial charge in [-0.05, 0) is 68.1 Å². The van der Waals surface area contributed by atoms with Crippen LogP contribution in [0, 0.1) is 0 Å². The van der Waals surface area contributed by atoms with Gasteiger partial charge in [0.1, 0.15) is 30.5 Å². The number of fused-ring (bicyclic) bond motifs is 3. The molecule has 38 heavy (non-hydrogen) atoms. The molecular formula is C29H30N4O5. The number of aryl methyl sites for hydroxylation is 1. The Morgan fingerprint density at radius 1 is 1.03 bits per heavy atom. The lowest BCUT2D eigenvalue weighted by Crippen LogP contribution is -2.20. The highest BCUT2D eigenvalue weighted by molar-refractivity contribution is 5.90. The van der Waals surface area contributed by atoms with E-state index in [1.54, 1.807) is 12.4 Å². The van der Waals surface area contributed by atoms with Gasteiger partial charge in [-0.1, -0.05) is 12.1 Å². The number of ether oxygens (including phenoxy) is 3. The summed E-state index contributed by atoms with van der Waals surface area (Å²) in [5.74, 6) is 0.444. The Kier molecular flexibility index (Phi) is 7.65. The van der Waals surface area contributed by atoms with Gasteiger partial charge in [0.05, 0.1) is 18.9 Å². The van der Waals surface area contributed by atoms with Gasteiger partial charge in [-0.25, -0.2) is 14.8 Å². The maximum atomic E-state index is 12.2. The Bertz CT molecular complexity index is 1420. The van der Waals surface area contributed by atoms with E-state index >= 15 is 0 Å². The quantitative estimate of drug-likeness (QED) is 0.306. The topological polar surface area (TPSA) is 109 Å². The van der Waals surface area contributed by atoms with Crippen molar-refractivity contribution < 1.29 is 24.1 Å². The van der Waals surface area contributed by atoms with E-state index in [2.05, 4.69) is 15.1 Å². The van der Waals surface area contributed by atoms with Crippen LogP contribution in [0.3, 0.4) is 0 Å². The van der Waals surface area contributed by atoms with E-state index < -0.39 is 5.97 Å². The lowest BCUT2D eigenvalue weighted by Gasteiger charge is -2.25. The van der Waals surface area contributed by atoms with Crippen LogP contribution in [-0.2, 0) is 24.2 Å². The summed E-state index contributed by atoms with van der Waals surface area (Å²) in [6.07, 6.45) is 6.20. The van der Waals surface area contributed by atoms with Gasteiger partial charge in [0.25, 0.3) is 0 Å². The van der Waals surface area contributed by atoms with Crippen LogP contribution in [-0.4, -0.2) is 50.6 Å². The molecule has 5 rings (SSSR count). The number of aromatic carboxylic acids is 1. The minimum absolute atomic E-state index is 0.0810. The van der Waals surface area contributed by atoms with E-state index in [9.17, 15) is 9.90 Å². The number of nitrogens with zero attached hydrogens (tertiary/aromatic N) is 4. The largest absolute Gasteiger partial charge is 0.494 e. The van der Waals surface area contributed by atoms with Crippen molar-refractivity contribution in [3.05, 3.63) is 89.1 Å². The highest BCUT2D eigenvalue weighted by Gasteiger charge is 2.32. The molecule has 0 radical (unpaired) electrons. The second kappa shape index (κ2) is 11.4. The molecule has 2 aromatic heterocycles. The third-order valence-electron chi connectivity index (χ3n) is 6.54. The summed E-state index contributed by atoms with van der Waals surface area (Å²) < 4.78 is 19.4. The highest BCUT2D eigenvalue weighted by Crippen LogP contribution is 2.40. The molecule has 2 heterocycles. The fourth-order valence-electron chi connectivity index (χ4n) is 4.83. The first-order valence-corrected chi connectivity index (χ1v) is 12.7. The van der Waals surface area contributed by atoms with Crippen LogP contribution < -0.4 is 9.47 Å². The number of carbonyl (C=O) groups is 1. The molecule has 0 bridgehead atoms. The zero-order valence-corrected chi connectivity index (χ0v) is 21.5. The summed E-state index contributed by atoms with van der Waals surface area (Å²) in [5, 5.41) is 14.7. The van der Waals surface area contributed by atoms with Crippen molar-refractivity contribution >= 4 is 5.97 Å². The van der Waals surface area contributed by atoms with Gasteiger partial charge in [-0.15, -0.1) is 0 Å². The molecule has 1 aliphatic rings. The van der Waals surface area contributed by atoms with Gasteiger partial charge in [0.2, 0.25) is 0 Å². The maximum absolute atomic E-state index is 12.2. The highest BCUT2D eigenvalue weighted by atomic mass is 16.5. The van der Waals surface area contributed by atoms with Crippen molar-refractivity contribution in [1.29, 1.82) is 0 Å². The molecule has 1 unspecified atom stereocenters. The average Bonchev–Trinajstić information content (AvgIpc) is 3.33. The van der Waals surface area contributed by atoms with Gasteiger partial charge in [-0.3, -0.25) is 4.68 Å².